The van der Waals surface area contributed by atoms with E-state index >= 15 is 0 Å². The predicted octanol–water partition coefficient (Wildman–Crippen LogP) is -3.29. The van der Waals surface area contributed by atoms with Crippen molar-refractivity contribution >= 4 is 69.3 Å². The molecule has 0 aromatic carbocycles. The summed E-state index contributed by atoms with van der Waals surface area (Å²) in [7, 11) is 0. The summed E-state index contributed by atoms with van der Waals surface area (Å²) in [5, 5.41) is 0. The zero-order chi connectivity index (χ0) is 0. The molecular weight excluding hydrogens is 378 g/mol. The van der Waals surface area contributed by atoms with Gasteiger partial charge in [0.1, 0.15) is 0 Å². The van der Waals surface area contributed by atoms with E-state index in [-0.39, 0.29) is 88.8 Å². The topological polar surface area (TPSA) is 0 Å². The van der Waals surface area contributed by atoms with Crippen molar-refractivity contribution in [3.05, 3.63) is 0 Å². The molecule has 0 N–H and O–H groups in total. The molecule has 0 nitrogen and oxygen atoms in total. The average Bonchev–Trinajstić information content (AvgIpc) is 0. The first-order valence-corrected chi connectivity index (χ1v) is 0. The SMILES string of the molecule is [GaH3].[InH3].[TeH2].[Zn]. The standard InChI is InChI=1S/Ga.In.H2Te.Zn.6H/h;;1H2;;;;;;;. The van der Waals surface area contributed by atoms with Crippen molar-refractivity contribution in [2.24, 2.45) is 0 Å². The first-order chi connectivity index (χ1) is 0. The predicted molar refractivity (Wildman–Crippen MR) is 28.4 cm³/mol. The largest absolute Gasteiger partial charge is 0 e. The summed E-state index contributed by atoms with van der Waals surface area (Å²) >= 11 is 0. The number of rotatable bonds is 0. The maximum absolute atomic E-state index is 0. The summed E-state index contributed by atoms with van der Waals surface area (Å²) in [6.07, 6.45) is 0. The summed E-state index contributed by atoms with van der Waals surface area (Å²) in [5.41, 5.74) is 0. The number of hydrogen-bond donors (Lipinski definition) is 0. The molecule has 0 atom stereocenters. The fourth-order valence-electron chi connectivity index (χ4n) is 0. The van der Waals surface area contributed by atoms with Gasteiger partial charge in [-0.25, -0.2) is 0 Å². The van der Waals surface area contributed by atoms with Crippen LogP contribution in [-0.2, 0) is 19.5 Å². The quantitative estimate of drug-likeness (QED) is 0.384. The van der Waals surface area contributed by atoms with Crippen molar-refractivity contribution in [1.29, 1.82) is 0 Å². The minimum Gasteiger partial charge on any atom is 0 e. The molecule has 0 aliphatic carbocycles. The van der Waals surface area contributed by atoms with Crippen molar-refractivity contribution in [2.45, 2.75) is 0 Å². The molecular formula is H8GaInTeZn. The maximum Gasteiger partial charge on any atom is 0 e. The van der Waals surface area contributed by atoms with E-state index in [4.69, 9.17) is 0 Å². The van der Waals surface area contributed by atoms with Crippen LogP contribution >= 0.6 is 0 Å². The summed E-state index contributed by atoms with van der Waals surface area (Å²) in [6.45, 7) is 0. The van der Waals surface area contributed by atoms with Crippen molar-refractivity contribution in [1.82, 2.24) is 0 Å². The van der Waals surface area contributed by atoms with Gasteiger partial charge in [0.25, 0.3) is 0 Å². The Morgan fingerprint density at radius 3 is 1.00 bits per heavy atom. The van der Waals surface area contributed by atoms with Gasteiger partial charge < -0.3 is 0 Å². The second-order valence-corrected chi connectivity index (χ2v) is 0. The first-order valence-electron chi connectivity index (χ1n) is 0. The Labute approximate surface area is 87.2 Å². The molecule has 0 amide bonds. The third-order valence-corrected chi connectivity index (χ3v) is 0. The van der Waals surface area contributed by atoms with Gasteiger partial charge in [-0.3, -0.25) is 0 Å². The molecule has 0 aromatic heterocycles. The molecule has 0 spiro atoms. The smallest absolute Gasteiger partial charge is 0 e. The van der Waals surface area contributed by atoms with Crippen molar-refractivity contribution in [2.75, 3.05) is 0 Å². The second kappa shape index (κ2) is 16.8. The Kier molecular flexibility index (Phi) is 120. The van der Waals surface area contributed by atoms with E-state index in [1.54, 1.807) is 0 Å². The van der Waals surface area contributed by atoms with Gasteiger partial charge in [0.2, 0.25) is 0 Å². The summed E-state index contributed by atoms with van der Waals surface area (Å²) in [5.74, 6) is 0. The Bertz CT molecular complexity index is 8.00. The van der Waals surface area contributed by atoms with E-state index in [0.29, 0.717) is 0 Å². The van der Waals surface area contributed by atoms with Crippen LogP contribution in [0, 0.1) is 0 Å². The van der Waals surface area contributed by atoms with Crippen LogP contribution in [0.5, 0.6) is 0 Å². The van der Waals surface area contributed by atoms with Gasteiger partial charge in [-0.2, -0.15) is 0 Å². The fourth-order valence-corrected chi connectivity index (χ4v) is 0. The van der Waals surface area contributed by atoms with Crippen LogP contribution in [0.25, 0.3) is 0 Å². The van der Waals surface area contributed by atoms with Crippen LogP contribution < -0.4 is 0 Å². The van der Waals surface area contributed by atoms with Crippen LogP contribution in [0.2, 0.25) is 0 Å². The molecule has 0 heterocycles. The molecule has 0 saturated heterocycles. The molecule has 0 saturated carbocycles. The molecule has 4 heavy (non-hydrogen) atoms. The van der Waals surface area contributed by atoms with Crippen molar-refractivity contribution in [3.63, 3.8) is 0 Å². The molecule has 0 rings (SSSR count). The van der Waals surface area contributed by atoms with Crippen LogP contribution in [0.15, 0.2) is 0 Å². The minimum absolute atomic E-state index is 0. The van der Waals surface area contributed by atoms with E-state index in [9.17, 15) is 0 Å². The molecule has 0 bridgehead atoms. The van der Waals surface area contributed by atoms with Crippen LogP contribution in [-0.4, -0.2) is 69.3 Å². The third kappa shape index (κ3) is 8.87. The fraction of sp³-hybridized carbons (Fsp3) is 0. The Morgan fingerprint density at radius 1 is 1.00 bits per heavy atom. The van der Waals surface area contributed by atoms with E-state index in [2.05, 4.69) is 0 Å². The zero-order valence-corrected chi connectivity index (χ0v) is 7.03. The minimum atomic E-state index is 0. The van der Waals surface area contributed by atoms with Gasteiger partial charge in [-0.05, 0) is 0 Å². The normalized spacial score (nSPS) is 0. The van der Waals surface area contributed by atoms with Crippen LogP contribution in [0.3, 0.4) is 0 Å². The monoisotopic (exact) mass is 386 g/mol. The molecule has 0 aliphatic heterocycles. The van der Waals surface area contributed by atoms with E-state index in [0.717, 1.165) is 0 Å². The molecule has 0 aromatic rings. The Morgan fingerprint density at radius 2 is 1.00 bits per heavy atom. The first kappa shape index (κ1) is 28.4. The van der Waals surface area contributed by atoms with Gasteiger partial charge in [0.05, 0.1) is 0 Å². The van der Waals surface area contributed by atoms with E-state index in [1.807, 2.05) is 0 Å². The number of hydrogen-bond acceptors (Lipinski definition) is 0. The molecule has 22 valence electrons. The van der Waals surface area contributed by atoms with Crippen LogP contribution in [0.4, 0.5) is 0 Å². The Balaban J connectivity index is 0. The third-order valence-electron chi connectivity index (χ3n) is 0. The molecule has 4 heteroatoms. The van der Waals surface area contributed by atoms with Gasteiger partial charge in [0, 0.05) is 19.5 Å². The van der Waals surface area contributed by atoms with Gasteiger partial charge in [-0.1, -0.05) is 0 Å². The van der Waals surface area contributed by atoms with E-state index in [1.165, 1.54) is 0 Å². The van der Waals surface area contributed by atoms with E-state index < -0.39 is 0 Å². The zero-order valence-electron chi connectivity index (χ0n) is 1.21. The van der Waals surface area contributed by atoms with Crippen molar-refractivity contribution < 1.29 is 19.5 Å². The summed E-state index contributed by atoms with van der Waals surface area (Å²) in [6, 6.07) is 0. The summed E-state index contributed by atoms with van der Waals surface area (Å²) < 4.78 is 0. The molecule has 0 fully saturated rings. The van der Waals surface area contributed by atoms with Gasteiger partial charge in [0.15, 0.2) is 0 Å². The molecule has 0 aliphatic rings. The summed E-state index contributed by atoms with van der Waals surface area (Å²) in [4.78, 5) is 0. The van der Waals surface area contributed by atoms with Crippen molar-refractivity contribution in [3.8, 4) is 0 Å². The van der Waals surface area contributed by atoms with Gasteiger partial charge in [-0.15, -0.1) is 0 Å². The van der Waals surface area contributed by atoms with Crippen LogP contribution in [0.1, 0.15) is 0 Å². The average molecular weight is 386 g/mol. The second-order valence-electron chi connectivity index (χ2n) is 0. The maximum atomic E-state index is 0. The molecule has 0 radical (unpaired) electrons. The Hall–Kier alpha value is 2.92. The molecule has 0 unspecified atom stereocenters. The van der Waals surface area contributed by atoms with Gasteiger partial charge >= 0.3 is 69.3 Å².